The number of sulfonamides is 1. The zero-order chi connectivity index (χ0) is 31.0. The van der Waals surface area contributed by atoms with Crippen molar-refractivity contribution in [3.63, 3.8) is 0 Å². The van der Waals surface area contributed by atoms with Gasteiger partial charge in [0, 0.05) is 18.7 Å². The van der Waals surface area contributed by atoms with Crippen LogP contribution in [0.4, 0.5) is 5.69 Å². The number of hydrogen-bond acceptors (Lipinski definition) is 7. The topological polar surface area (TPSA) is 114 Å². The van der Waals surface area contributed by atoms with Crippen LogP contribution < -0.4 is 23.8 Å². The summed E-state index contributed by atoms with van der Waals surface area (Å²) in [6, 6.07) is 17.1. The fourth-order valence-corrected chi connectivity index (χ4v) is 5.67. The van der Waals surface area contributed by atoms with Crippen molar-refractivity contribution in [2.75, 3.05) is 32.2 Å². The van der Waals surface area contributed by atoms with E-state index < -0.39 is 28.5 Å². The maximum absolute atomic E-state index is 14.1. The van der Waals surface area contributed by atoms with Gasteiger partial charge in [0.05, 0.1) is 31.9 Å². The Kier molecular flexibility index (Phi) is 10.8. The van der Waals surface area contributed by atoms with E-state index in [-0.39, 0.29) is 34.8 Å². The summed E-state index contributed by atoms with van der Waals surface area (Å²) in [4.78, 5) is 28.6. The van der Waals surface area contributed by atoms with Gasteiger partial charge in [0.25, 0.3) is 10.0 Å². The molecule has 1 atom stereocenters. The van der Waals surface area contributed by atoms with Gasteiger partial charge in [0.2, 0.25) is 11.8 Å². The van der Waals surface area contributed by atoms with Crippen molar-refractivity contribution in [1.82, 2.24) is 10.2 Å². The van der Waals surface area contributed by atoms with Crippen LogP contribution in [0.25, 0.3) is 0 Å². The summed E-state index contributed by atoms with van der Waals surface area (Å²) >= 11 is 0. The number of nitrogens with one attached hydrogen (secondary N) is 1. The van der Waals surface area contributed by atoms with Crippen LogP contribution in [0.2, 0.25) is 0 Å². The van der Waals surface area contributed by atoms with Gasteiger partial charge in [-0.15, -0.1) is 0 Å². The molecule has 11 heteroatoms. The number of amides is 2. The van der Waals surface area contributed by atoms with E-state index in [4.69, 9.17) is 14.2 Å². The Morgan fingerprint density at radius 3 is 1.98 bits per heavy atom. The number of anilines is 1. The van der Waals surface area contributed by atoms with Crippen molar-refractivity contribution in [3.05, 3.63) is 77.9 Å². The standard InChI is InChI=1S/C31H39N3O7S/c1-21(2)32-31(36)23(4)33(19-24-10-12-25(39-5)13-11-24)30(35)20-34(28-18-26(40-6)14-17-29(28)41-7)42(37,38)27-15-8-22(3)9-16-27/h8-18,21,23H,19-20H2,1-7H3,(H,32,36)/t23-/m1/s1. The van der Waals surface area contributed by atoms with Gasteiger partial charge in [-0.3, -0.25) is 13.9 Å². The van der Waals surface area contributed by atoms with Gasteiger partial charge in [0.15, 0.2) is 0 Å². The van der Waals surface area contributed by atoms with Crippen molar-refractivity contribution in [2.45, 2.75) is 51.2 Å². The van der Waals surface area contributed by atoms with Crippen LogP contribution in [-0.4, -0.2) is 65.1 Å². The summed E-state index contributed by atoms with van der Waals surface area (Å²) in [5, 5.41) is 2.84. The van der Waals surface area contributed by atoms with Crippen molar-refractivity contribution in [3.8, 4) is 17.2 Å². The lowest BCUT2D eigenvalue weighted by Gasteiger charge is -2.32. The largest absolute Gasteiger partial charge is 0.497 e. The zero-order valence-corrected chi connectivity index (χ0v) is 25.9. The van der Waals surface area contributed by atoms with Gasteiger partial charge >= 0.3 is 0 Å². The van der Waals surface area contributed by atoms with E-state index in [1.165, 1.54) is 37.3 Å². The van der Waals surface area contributed by atoms with Crippen molar-refractivity contribution in [2.24, 2.45) is 0 Å². The lowest BCUT2D eigenvalue weighted by Crippen LogP contribution is -2.52. The molecule has 0 bridgehead atoms. The fraction of sp³-hybridized carbons (Fsp3) is 0.355. The maximum Gasteiger partial charge on any atom is 0.264 e. The second-order valence-corrected chi connectivity index (χ2v) is 11.9. The molecular weight excluding hydrogens is 558 g/mol. The number of rotatable bonds is 13. The first-order chi connectivity index (χ1) is 19.9. The van der Waals surface area contributed by atoms with E-state index in [9.17, 15) is 18.0 Å². The third kappa shape index (κ3) is 7.73. The third-order valence-corrected chi connectivity index (χ3v) is 8.43. The third-order valence-electron chi connectivity index (χ3n) is 6.65. The number of carbonyl (C=O) groups is 2. The van der Waals surface area contributed by atoms with Crippen LogP contribution in [-0.2, 0) is 26.2 Å². The van der Waals surface area contributed by atoms with Crippen LogP contribution in [0.1, 0.15) is 31.9 Å². The van der Waals surface area contributed by atoms with E-state index in [2.05, 4.69) is 5.32 Å². The number of aryl methyl sites for hydroxylation is 1. The highest BCUT2D eigenvalue weighted by molar-refractivity contribution is 7.92. The Bertz CT molecular complexity index is 1470. The van der Waals surface area contributed by atoms with Crippen molar-refractivity contribution in [1.29, 1.82) is 0 Å². The molecule has 1 N–H and O–H groups in total. The van der Waals surface area contributed by atoms with Gasteiger partial charge in [-0.05, 0) is 69.7 Å². The number of carbonyl (C=O) groups excluding carboxylic acids is 2. The molecule has 0 aromatic heterocycles. The molecule has 0 saturated heterocycles. The van der Waals surface area contributed by atoms with Crippen LogP contribution in [0.15, 0.2) is 71.6 Å². The highest BCUT2D eigenvalue weighted by Gasteiger charge is 2.34. The molecule has 0 aliphatic heterocycles. The van der Waals surface area contributed by atoms with Gasteiger partial charge < -0.3 is 24.4 Å². The molecule has 226 valence electrons. The van der Waals surface area contributed by atoms with Crippen molar-refractivity contribution < 1.29 is 32.2 Å². The fourth-order valence-electron chi connectivity index (χ4n) is 4.26. The molecular formula is C31H39N3O7S. The van der Waals surface area contributed by atoms with Crippen LogP contribution in [0.5, 0.6) is 17.2 Å². The second-order valence-electron chi connectivity index (χ2n) is 10.1. The Hall–Kier alpha value is -4.25. The number of nitrogens with zero attached hydrogens (tertiary/aromatic N) is 2. The molecule has 10 nitrogen and oxygen atoms in total. The summed E-state index contributed by atoms with van der Waals surface area (Å²) in [5.41, 5.74) is 1.74. The molecule has 0 radical (unpaired) electrons. The zero-order valence-electron chi connectivity index (χ0n) is 25.1. The molecule has 2 amide bonds. The second kappa shape index (κ2) is 14.1. The molecule has 0 fully saturated rings. The predicted octanol–water partition coefficient (Wildman–Crippen LogP) is 4.16. The molecule has 0 spiro atoms. The lowest BCUT2D eigenvalue weighted by atomic mass is 10.1. The van der Waals surface area contributed by atoms with E-state index in [1.807, 2.05) is 20.8 Å². The monoisotopic (exact) mass is 597 g/mol. The molecule has 42 heavy (non-hydrogen) atoms. The number of benzene rings is 3. The highest BCUT2D eigenvalue weighted by atomic mass is 32.2. The quantitative estimate of drug-likeness (QED) is 0.315. The summed E-state index contributed by atoms with van der Waals surface area (Å²) < 4.78 is 45.3. The average molecular weight is 598 g/mol. The molecule has 3 aromatic rings. The first-order valence-electron chi connectivity index (χ1n) is 13.5. The van der Waals surface area contributed by atoms with Gasteiger partial charge in [-0.25, -0.2) is 8.42 Å². The molecule has 0 unspecified atom stereocenters. The van der Waals surface area contributed by atoms with Gasteiger partial charge in [-0.2, -0.15) is 0 Å². The lowest BCUT2D eigenvalue weighted by molar-refractivity contribution is -0.139. The van der Waals surface area contributed by atoms with Gasteiger partial charge in [0.1, 0.15) is 29.8 Å². The highest BCUT2D eigenvalue weighted by Crippen LogP contribution is 2.36. The average Bonchev–Trinajstić information content (AvgIpc) is 2.97. The van der Waals surface area contributed by atoms with Gasteiger partial charge in [-0.1, -0.05) is 29.8 Å². The minimum Gasteiger partial charge on any atom is -0.497 e. The number of ether oxygens (including phenoxy) is 3. The number of methoxy groups -OCH3 is 3. The van der Waals surface area contributed by atoms with E-state index in [1.54, 1.807) is 62.6 Å². The first kappa shape index (κ1) is 32.3. The van der Waals surface area contributed by atoms with E-state index in [0.717, 1.165) is 15.4 Å². The summed E-state index contributed by atoms with van der Waals surface area (Å²) in [7, 11) is 0.158. The Balaban J connectivity index is 2.11. The first-order valence-corrected chi connectivity index (χ1v) is 14.9. The minimum atomic E-state index is -4.27. The molecule has 3 rings (SSSR count). The van der Waals surface area contributed by atoms with Crippen molar-refractivity contribution >= 4 is 27.5 Å². The normalized spacial score (nSPS) is 11.9. The number of hydrogen-bond donors (Lipinski definition) is 1. The summed E-state index contributed by atoms with van der Waals surface area (Å²) in [5.74, 6) is 0.299. The predicted molar refractivity (Wildman–Crippen MR) is 162 cm³/mol. The summed E-state index contributed by atoms with van der Waals surface area (Å²) in [6.45, 7) is 6.57. The van der Waals surface area contributed by atoms with Crippen LogP contribution >= 0.6 is 0 Å². The molecule has 0 saturated carbocycles. The SMILES string of the molecule is COc1ccc(CN(C(=O)CN(c2cc(OC)ccc2OC)S(=O)(=O)c2ccc(C)cc2)[C@H](C)C(=O)NC(C)C)cc1. The molecule has 0 aliphatic rings. The van der Waals surface area contributed by atoms with E-state index >= 15 is 0 Å². The smallest absolute Gasteiger partial charge is 0.264 e. The maximum atomic E-state index is 14.1. The Labute approximate surface area is 248 Å². The minimum absolute atomic E-state index is 0.00178. The molecule has 3 aromatic carbocycles. The van der Waals surface area contributed by atoms with Crippen LogP contribution in [0, 0.1) is 6.92 Å². The van der Waals surface area contributed by atoms with Crippen LogP contribution in [0.3, 0.4) is 0 Å². The summed E-state index contributed by atoms with van der Waals surface area (Å²) in [6.07, 6.45) is 0. The molecule has 0 aliphatic carbocycles. The Morgan fingerprint density at radius 2 is 1.43 bits per heavy atom. The molecule has 0 heterocycles. The Morgan fingerprint density at radius 1 is 0.833 bits per heavy atom. The van der Waals surface area contributed by atoms with E-state index in [0.29, 0.717) is 11.5 Å².